The van der Waals surface area contributed by atoms with Crippen molar-refractivity contribution in [1.82, 2.24) is 10.2 Å². The first-order valence-electron chi connectivity index (χ1n) is 9.10. The lowest BCUT2D eigenvalue weighted by atomic mass is 9.96. The van der Waals surface area contributed by atoms with E-state index in [1.165, 1.54) is 0 Å². The molecule has 2 aromatic rings. The van der Waals surface area contributed by atoms with Crippen molar-refractivity contribution in [3.63, 3.8) is 0 Å². The molecule has 0 aliphatic carbocycles. The van der Waals surface area contributed by atoms with Crippen molar-refractivity contribution in [2.75, 3.05) is 26.2 Å². The van der Waals surface area contributed by atoms with Gasteiger partial charge in [0.1, 0.15) is 11.5 Å². The van der Waals surface area contributed by atoms with E-state index in [1.54, 1.807) is 0 Å². The van der Waals surface area contributed by atoms with Gasteiger partial charge in [-0.3, -0.25) is 4.79 Å². The molecule has 0 saturated carbocycles. The van der Waals surface area contributed by atoms with Crippen LogP contribution in [0.5, 0.6) is 11.5 Å². The molecule has 0 bridgehead atoms. The van der Waals surface area contributed by atoms with Gasteiger partial charge in [-0.25, -0.2) is 0 Å². The smallest absolute Gasteiger partial charge is 0.257 e. The summed E-state index contributed by atoms with van der Waals surface area (Å²) in [6, 6.07) is 17.1. The number of amides is 1. The number of halogens is 1. The molecule has 1 heterocycles. The minimum atomic E-state index is 0. The highest BCUT2D eigenvalue weighted by atomic mass is 35.5. The Morgan fingerprint density at radius 2 is 1.73 bits per heavy atom. The second-order valence-corrected chi connectivity index (χ2v) is 6.45. The van der Waals surface area contributed by atoms with E-state index in [-0.39, 0.29) is 18.3 Å². The molecule has 4 nitrogen and oxygen atoms in total. The van der Waals surface area contributed by atoms with Crippen molar-refractivity contribution in [3.8, 4) is 11.5 Å². The van der Waals surface area contributed by atoms with Gasteiger partial charge in [-0.05, 0) is 56.1 Å². The minimum absolute atomic E-state index is 0. The minimum Gasteiger partial charge on any atom is -0.457 e. The highest BCUT2D eigenvalue weighted by Gasteiger charge is 2.25. The van der Waals surface area contributed by atoms with Crippen LogP contribution in [0.1, 0.15) is 30.1 Å². The fraction of sp³-hybridized carbons (Fsp3) is 0.381. The lowest BCUT2D eigenvalue weighted by Gasteiger charge is -2.32. The molecule has 1 saturated heterocycles. The standard InChI is InChI=1S/C21H26N2O2.ClH/c1-2-22-16-17-12-14-23(15-13-17)21(24)19-10-6-7-11-20(19)25-18-8-4-3-5-9-18;/h3-11,17,22H,2,12-16H2,1H3;1H. The van der Waals surface area contributed by atoms with E-state index < -0.39 is 0 Å². The van der Waals surface area contributed by atoms with Crippen LogP contribution in [0.3, 0.4) is 0 Å². The van der Waals surface area contributed by atoms with E-state index >= 15 is 0 Å². The predicted octanol–water partition coefficient (Wildman–Crippen LogP) is 4.36. The Morgan fingerprint density at radius 1 is 1.08 bits per heavy atom. The molecule has 26 heavy (non-hydrogen) atoms. The lowest BCUT2D eigenvalue weighted by Crippen LogP contribution is -2.40. The van der Waals surface area contributed by atoms with Gasteiger partial charge in [0.25, 0.3) is 5.91 Å². The van der Waals surface area contributed by atoms with Gasteiger partial charge in [0, 0.05) is 13.1 Å². The van der Waals surface area contributed by atoms with Crippen LogP contribution in [0.2, 0.25) is 0 Å². The van der Waals surface area contributed by atoms with Gasteiger partial charge in [-0.2, -0.15) is 0 Å². The molecule has 1 amide bonds. The average Bonchev–Trinajstić information content (AvgIpc) is 2.67. The molecular weight excluding hydrogens is 348 g/mol. The van der Waals surface area contributed by atoms with Crippen LogP contribution in [0.4, 0.5) is 0 Å². The molecule has 0 radical (unpaired) electrons. The number of benzene rings is 2. The Bertz CT molecular complexity index is 685. The number of likely N-dealkylation sites (tertiary alicyclic amines) is 1. The summed E-state index contributed by atoms with van der Waals surface area (Å²) >= 11 is 0. The summed E-state index contributed by atoms with van der Waals surface area (Å²) < 4.78 is 5.94. The quantitative estimate of drug-likeness (QED) is 0.816. The molecule has 0 spiro atoms. The monoisotopic (exact) mass is 374 g/mol. The molecule has 3 rings (SSSR count). The van der Waals surface area contributed by atoms with Crippen molar-refractivity contribution >= 4 is 18.3 Å². The van der Waals surface area contributed by atoms with E-state index in [2.05, 4.69) is 12.2 Å². The van der Waals surface area contributed by atoms with Crippen LogP contribution >= 0.6 is 12.4 Å². The van der Waals surface area contributed by atoms with Gasteiger partial charge < -0.3 is 15.0 Å². The van der Waals surface area contributed by atoms with Crippen LogP contribution in [0.25, 0.3) is 0 Å². The largest absolute Gasteiger partial charge is 0.457 e. The molecule has 1 aliphatic heterocycles. The maximum atomic E-state index is 13.0. The number of carbonyl (C=O) groups excluding carboxylic acids is 1. The highest BCUT2D eigenvalue weighted by molar-refractivity contribution is 5.97. The number of carbonyl (C=O) groups is 1. The summed E-state index contributed by atoms with van der Waals surface area (Å²) in [4.78, 5) is 14.9. The zero-order chi connectivity index (χ0) is 17.5. The summed E-state index contributed by atoms with van der Waals surface area (Å²) in [6.45, 7) is 5.81. The fourth-order valence-electron chi connectivity index (χ4n) is 3.21. The van der Waals surface area contributed by atoms with Crippen molar-refractivity contribution < 1.29 is 9.53 Å². The Morgan fingerprint density at radius 3 is 2.42 bits per heavy atom. The third kappa shape index (κ3) is 5.23. The van der Waals surface area contributed by atoms with Crippen LogP contribution in [-0.2, 0) is 0 Å². The summed E-state index contributed by atoms with van der Waals surface area (Å²) in [5, 5.41) is 3.41. The van der Waals surface area contributed by atoms with Crippen LogP contribution in [0, 0.1) is 5.92 Å². The van der Waals surface area contributed by atoms with Gasteiger partial charge >= 0.3 is 0 Å². The predicted molar refractivity (Wildman–Crippen MR) is 107 cm³/mol. The number of nitrogens with one attached hydrogen (secondary N) is 1. The Balaban J connectivity index is 0.00000243. The fourth-order valence-corrected chi connectivity index (χ4v) is 3.21. The Labute approximate surface area is 162 Å². The number of para-hydroxylation sites is 2. The lowest BCUT2D eigenvalue weighted by molar-refractivity contribution is 0.0687. The highest BCUT2D eigenvalue weighted by Crippen LogP contribution is 2.27. The van der Waals surface area contributed by atoms with Gasteiger partial charge in [0.05, 0.1) is 5.56 Å². The van der Waals surface area contributed by atoms with Gasteiger partial charge in [0.2, 0.25) is 0 Å². The van der Waals surface area contributed by atoms with E-state index in [4.69, 9.17) is 4.74 Å². The molecule has 0 unspecified atom stereocenters. The van der Waals surface area contributed by atoms with Crippen molar-refractivity contribution in [2.24, 2.45) is 5.92 Å². The van der Waals surface area contributed by atoms with Gasteiger partial charge in [-0.1, -0.05) is 37.3 Å². The van der Waals surface area contributed by atoms with Gasteiger partial charge in [-0.15, -0.1) is 12.4 Å². The van der Waals surface area contributed by atoms with E-state index in [9.17, 15) is 4.79 Å². The maximum absolute atomic E-state index is 13.0. The second kappa shape index (κ2) is 10.2. The second-order valence-electron chi connectivity index (χ2n) is 6.45. The van der Waals surface area contributed by atoms with Gasteiger partial charge in [0.15, 0.2) is 0 Å². The van der Waals surface area contributed by atoms with Crippen molar-refractivity contribution in [3.05, 3.63) is 60.2 Å². The normalized spacial score (nSPS) is 14.6. The van der Waals surface area contributed by atoms with Crippen LogP contribution < -0.4 is 10.1 Å². The first-order chi connectivity index (χ1) is 12.3. The zero-order valence-corrected chi connectivity index (χ0v) is 16.0. The average molecular weight is 375 g/mol. The molecule has 1 aliphatic rings. The number of ether oxygens (including phenoxy) is 1. The molecule has 2 aromatic carbocycles. The number of hydrogen-bond acceptors (Lipinski definition) is 3. The van der Waals surface area contributed by atoms with E-state index in [1.807, 2.05) is 59.5 Å². The van der Waals surface area contributed by atoms with E-state index in [0.717, 1.165) is 44.8 Å². The molecule has 1 N–H and O–H groups in total. The molecule has 0 atom stereocenters. The Kier molecular flexibility index (Phi) is 7.95. The summed E-state index contributed by atoms with van der Waals surface area (Å²) in [5.41, 5.74) is 0.636. The topological polar surface area (TPSA) is 41.6 Å². The molecule has 5 heteroatoms. The number of piperidine rings is 1. The van der Waals surface area contributed by atoms with E-state index in [0.29, 0.717) is 17.2 Å². The third-order valence-electron chi connectivity index (χ3n) is 4.67. The molecule has 1 fully saturated rings. The molecule has 0 aromatic heterocycles. The zero-order valence-electron chi connectivity index (χ0n) is 15.2. The summed E-state index contributed by atoms with van der Waals surface area (Å²) in [5.74, 6) is 2.09. The first kappa shape index (κ1) is 20.3. The van der Waals surface area contributed by atoms with Crippen molar-refractivity contribution in [1.29, 1.82) is 0 Å². The number of hydrogen-bond donors (Lipinski definition) is 1. The molecule has 140 valence electrons. The third-order valence-corrected chi connectivity index (χ3v) is 4.67. The summed E-state index contributed by atoms with van der Waals surface area (Å²) in [6.07, 6.45) is 2.11. The first-order valence-corrected chi connectivity index (χ1v) is 9.10. The summed E-state index contributed by atoms with van der Waals surface area (Å²) in [7, 11) is 0. The van der Waals surface area contributed by atoms with Crippen LogP contribution in [0.15, 0.2) is 54.6 Å². The Hall–Kier alpha value is -2.04. The molecular formula is C21H27ClN2O2. The van der Waals surface area contributed by atoms with Crippen molar-refractivity contribution in [2.45, 2.75) is 19.8 Å². The van der Waals surface area contributed by atoms with Crippen LogP contribution in [-0.4, -0.2) is 37.0 Å². The number of rotatable bonds is 6. The maximum Gasteiger partial charge on any atom is 0.257 e. The number of nitrogens with zero attached hydrogens (tertiary/aromatic N) is 1. The SMILES string of the molecule is CCNCC1CCN(C(=O)c2ccccc2Oc2ccccc2)CC1.Cl.